The van der Waals surface area contributed by atoms with Gasteiger partial charge in [0, 0.05) is 0 Å². The van der Waals surface area contributed by atoms with Crippen LogP contribution in [0.3, 0.4) is 0 Å². The molecule has 0 atom stereocenters. The zero-order valence-corrected chi connectivity index (χ0v) is 21.7. The molecule has 0 saturated heterocycles. The maximum Gasteiger partial charge on any atom is 0.434 e. The van der Waals surface area contributed by atoms with Gasteiger partial charge in [0.05, 0.1) is 40.6 Å². The molecule has 0 saturated carbocycles. The summed E-state index contributed by atoms with van der Waals surface area (Å²) in [6.45, 7) is 6.67. The van der Waals surface area contributed by atoms with Crippen LogP contribution < -0.4 is 10.6 Å². The molecule has 2 N–H and O–H groups in total. The summed E-state index contributed by atoms with van der Waals surface area (Å²) in [7, 11) is 0. The highest BCUT2D eigenvalue weighted by atomic mass is 35.5. The van der Waals surface area contributed by atoms with Gasteiger partial charge in [-0.2, -0.15) is 28.5 Å². The molecule has 0 aliphatic carbocycles. The van der Waals surface area contributed by atoms with Crippen LogP contribution >= 0.6 is 11.6 Å². The van der Waals surface area contributed by atoms with Crippen LogP contribution in [0.15, 0.2) is 42.9 Å². The van der Waals surface area contributed by atoms with E-state index >= 15 is 0 Å². The molecule has 0 radical (unpaired) electrons. The number of anilines is 2. The number of hydrogen-bond acceptors (Lipinski definition) is 8. The summed E-state index contributed by atoms with van der Waals surface area (Å²) in [6, 6.07) is 5.25. The van der Waals surface area contributed by atoms with Crippen LogP contribution in [-0.4, -0.2) is 52.3 Å². The number of alkyl halides is 3. The van der Waals surface area contributed by atoms with E-state index in [1.807, 2.05) is 0 Å². The van der Waals surface area contributed by atoms with Gasteiger partial charge in [-0.3, -0.25) is 10.1 Å². The third-order valence-electron chi connectivity index (χ3n) is 4.74. The molecule has 12 nitrogen and oxygen atoms in total. The van der Waals surface area contributed by atoms with Crippen molar-refractivity contribution < 1.29 is 27.5 Å². The first kappa shape index (κ1) is 27.5. The summed E-state index contributed by atoms with van der Waals surface area (Å²) >= 11 is 6.22. The smallest absolute Gasteiger partial charge is 0.434 e. The highest BCUT2D eigenvalue weighted by molar-refractivity contribution is 6.32. The van der Waals surface area contributed by atoms with E-state index in [1.54, 1.807) is 27.7 Å². The number of halogens is 4. The van der Waals surface area contributed by atoms with Crippen LogP contribution in [0.25, 0.3) is 11.6 Å². The summed E-state index contributed by atoms with van der Waals surface area (Å²) in [4.78, 5) is 34.2. The van der Waals surface area contributed by atoms with Crippen molar-refractivity contribution in [3.8, 4) is 11.6 Å². The summed E-state index contributed by atoms with van der Waals surface area (Å²) in [5.41, 5.74) is -2.32. The number of hydrogen-bond donors (Lipinski definition) is 2. The molecule has 0 aliphatic rings. The monoisotopic (exact) mass is 563 g/mol. The van der Waals surface area contributed by atoms with Crippen molar-refractivity contribution in [1.29, 1.82) is 0 Å². The first-order valence-electron chi connectivity index (χ1n) is 11.2. The Balaban J connectivity index is 1.61. The fourth-order valence-electron chi connectivity index (χ4n) is 3.27. The molecule has 4 rings (SSSR count). The molecule has 0 spiro atoms. The van der Waals surface area contributed by atoms with Gasteiger partial charge in [0.1, 0.15) is 11.4 Å². The quantitative estimate of drug-likeness (QED) is 0.352. The first-order chi connectivity index (χ1) is 18.2. The van der Waals surface area contributed by atoms with Crippen molar-refractivity contribution in [3.05, 3.63) is 64.8 Å². The molecule has 0 bridgehead atoms. The number of ether oxygens (including phenoxy) is 1. The average Bonchev–Trinajstić information content (AvgIpc) is 3.45. The maximum absolute atomic E-state index is 14.1. The predicted octanol–water partition coefficient (Wildman–Crippen LogP) is 4.82. The summed E-state index contributed by atoms with van der Waals surface area (Å²) in [5.74, 6) is -1.34. The molecule has 0 fully saturated rings. The standard InChI is InChI=1S/C23H21ClF3N9O3/c1-12-9-30-36(34-12)19-15(24)8-13(10-28-19)31-20(37)14-11-29-35(18(14)23(25,26)27)17-7-5-6-16(32-17)33-21(38)39-22(2,3)4/h5-11H,1-4H3,(H,31,37)(H,32,33,38). The van der Waals surface area contributed by atoms with Crippen LogP contribution in [0, 0.1) is 6.92 Å². The Morgan fingerprint density at radius 2 is 1.79 bits per heavy atom. The molecular formula is C23H21ClF3N9O3. The number of amides is 2. The topological polar surface area (TPSA) is 142 Å². The molecule has 16 heteroatoms. The number of rotatable bonds is 5. The van der Waals surface area contributed by atoms with Crippen molar-refractivity contribution >= 4 is 35.1 Å². The van der Waals surface area contributed by atoms with Gasteiger partial charge in [-0.05, 0) is 45.9 Å². The minimum Gasteiger partial charge on any atom is -0.444 e. The van der Waals surface area contributed by atoms with Crippen molar-refractivity contribution in [3.63, 3.8) is 0 Å². The predicted molar refractivity (Wildman–Crippen MR) is 133 cm³/mol. The molecule has 0 aliphatic heterocycles. The number of carbonyl (C=O) groups excluding carboxylic acids is 2. The van der Waals surface area contributed by atoms with E-state index in [-0.39, 0.29) is 28.2 Å². The lowest BCUT2D eigenvalue weighted by molar-refractivity contribution is -0.143. The minimum atomic E-state index is -5.00. The van der Waals surface area contributed by atoms with Crippen LogP contribution in [0.5, 0.6) is 0 Å². The second-order valence-electron chi connectivity index (χ2n) is 9.08. The van der Waals surface area contributed by atoms with E-state index in [2.05, 4.69) is 35.9 Å². The van der Waals surface area contributed by atoms with Crippen molar-refractivity contribution in [2.24, 2.45) is 0 Å². The SMILES string of the molecule is Cc1cnn(-c2ncc(NC(=O)c3cnn(-c4cccc(NC(=O)OC(C)(C)C)n4)c3C(F)(F)F)cc2Cl)n1. The Morgan fingerprint density at radius 1 is 1.05 bits per heavy atom. The average molecular weight is 564 g/mol. The number of nitrogens with one attached hydrogen (secondary N) is 2. The Kier molecular flexibility index (Phi) is 7.28. The van der Waals surface area contributed by atoms with Crippen LogP contribution in [-0.2, 0) is 10.9 Å². The van der Waals surface area contributed by atoms with Crippen LogP contribution in [0.1, 0.15) is 42.5 Å². The van der Waals surface area contributed by atoms with Gasteiger partial charge >= 0.3 is 12.3 Å². The summed E-state index contributed by atoms with van der Waals surface area (Å²) < 4.78 is 47.9. The molecular weight excluding hydrogens is 543 g/mol. The molecule has 2 amide bonds. The van der Waals surface area contributed by atoms with Crippen LogP contribution in [0.4, 0.5) is 29.5 Å². The lowest BCUT2D eigenvalue weighted by Gasteiger charge is -2.19. The van der Waals surface area contributed by atoms with Gasteiger partial charge in [0.2, 0.25) is 0 Å². The molecule has 39 heavy (non-hydrogen) atoms. The first-order valence-corrected chi connectivity index (χ1v) is 11.6. The molecule has 204 valence electrons. The Labute approximate surface area is 224 Å². The third kappa shape index (κ3) is 6.49. The Morgan fingerprint density at radius 3 is 2.41 bits per heavy atom. The molecule has 0 aromatic carbocycles. The van der Waals surface area contributed by atoms with Crippen molar-refractivity contribution in [2.75, 3.05) is 10.6 Å². The highest BCUT2D eigenvalue weighted by Gasteiger charge is 2.41. The normalized spacial score (nSPS) is 11.8. The van der Waals surface area contributed by atoms with Crippen molar-refractivity contribution in [1.82, 2.24) is 34.7 Å². The second-order valence-corrected chi connectivity index (χ2v) is 9.49. The van der Waals surface area contributed by atoms with Gasteiger partial charge in [-0.15, -0.1) is 4.80 Å². The van der Waals surface area contributed by atoms with E-state index in [9.17, 15) is 22.8 Å². The van der Waals surface area contributed by atoms with E-state index in [0.29, 0.717) is 10.4 Å². The Hall–Kier alpha value is -4.53. The summed E-state index contributed by atoms with van der Waals surface area (Å²) in [6.07, 6.45) is -2.40. The van der Waals surface area contributed by atoms with Crippen molar-refractivity contribution in [2.45, 2.75) is 39.5 Å². The van der Waals surface area contributed by atoms with Gasteiger partial charge in [-0.25, -0.2) is 19.4 Å². The zero-order chi connectivity index (χ0) is 28.5. The number of aryl methyl sites for hydroxylation is 1. The van der Waals surface area contributed by atoms with E-state index in [4.69, 9.17) is 16.3 Å². The summed E-state index contributed by atoms with van der Waals surface area (Å²) in [5, 5.41) is 16.5. The minimum absolute atomic E-state index is 0.0279. The molecule has 4 heterocycles. The number of pyridine rings is 2. The lowest BCUT2D eigenvalue weighted by Crippen LogP contribution is -2.27. The molecule has 4 aromatic rings. The van der Waals surface area contributed by atoms with Gasteiger partial charge in [0.15, 0.2) is 17.3 Å². The van der Waals surface area contributed by atoms with Gasteiger partial charge < -0.3 is 10.1 Å². The zero-order valence-electron chi connectivity index (χ0n) is 20.9. The fraction of sp³-hybridized carbons (Fsp3) is 0.261. The fourth-order valence-corrected chi connectivity index (χ4v) is 3.51. The largest absolute Gasteiger partial charge is 0.444 e. The van der Waals surface area contributed by atoms with Gasteiger partial charge in [0.25, 0.3) is 5.91 Å². The second kappa shape index (κ2) is 10.3. The lowest BCUT2D eigenvalue weighted by atomic mass is 10.2. The van der Waals surface area contributed by atoms with E-state index in [1.165, 1.54) is 41.5 Å². The Bertz CT molecular complexity index is 1540. The molecule has 4 aromatic heterocycles. The number of carbonyl (C=O) groups is 2. The van der Waals surface area contributed by atoms with Crippen LogP contribution in [0.2, 0.25) is 5.02 Å². The van der Waals surface area contributed by atoms with E-state index in [0.717, 1.165) is 6.20 Å². The third-order valence-corrected chi connectivity index (χ3v) is 5.02. The number of aromatic nitrogens is 7. The maximum atomic E-state index is 14.1. The highest BCUT2D eigenvalue weighted by Crippen LogP contribution is 2.34. The van der Waals surface area contributed by atoms with E-state index < -0.39 is 35.0 Å². The molecule has 0 unspecified atom stereocenters. The number of nitrogens with zero attached hydrogens (tertiary/aromatic N) is 7. The van der Waals surface area contributed by atoms with Gasteiger partial charge in [-0.1, -0.05) is 17.7 Å².